The molecule has 1 rings (SSSR count). The highest BCUT2D eigenvalue weighted by Gasteiger charge is 2.10. The molecule has 0 radical (unpaired) electrons. The molecular formula is C47H88N6O6. The van der Waals surface area contributed by atoms with E-state index in [-0.39, 0.29) is 55.7 Å². The van der Waals surface area contributed by atoms with Crippen LogP contribution in [0.2, 0.25) is 0 Å². The second-order valence-electron chi connectivity index (χ2n) is 16.2. The summed E-state index contributed by atoms with van der Waals surface area (Å²) < 4.78 is 16.3. The molecule has 59 heavy (non-hydrogen) atoms. The Balaban J connectivity index is 2.44. The van der Waals surface area contributed by atoms with Crippen LogP contribution in [0.15, 0.2) is 0 Å². The maximum atomic E-state index is 12.4. The minimum absolute atomic E-state index is 0.0768. The lowest BCUT2D eigenvalue weighted by atomic mass is 10.1. The zero-order chi connectivity index (χ0) is 42.7. The Bertz CT molecular complexity index is 1080. The van der Waals surface area contributed by atoms with Crippen LogP contribution in [0.3, 0.4) is 0 Å². The molecule has 0 amide bonds. The van der Waals surface area contributed by atoms with Crippen molar-refractivity contribution in [1.29, 1.82) is 0 Å². The van der Waals surface area contributed by atoms with Crippen LogP contribution in [0.5, 0.6) is 0 Å². The Morgan fingerprint density at radius 1 is 0.356 bits per heavy atom. The molecular weight excluding hydrogens is 745 g/mol. The van der Waals surface area contributed by atoms with Crippen molar-refractivity contribution < 1.29 is 28.6 Å². The highest BCUT2D eigenvalue weighted by Crippen LogP contribution is 2.15. The lowest BCUT2D eigenvalue weighted by Gasteiger charge is -2.12. The van der Waals surface area contributed by atoms with Gasteiger partial charge in [-0.15, -0.1) is 0 Å². The molecule has 0 aliphatic heterocycles. The quantitative estimate of drug-likeness (QED) is 0.0248. The molecule has 0 fully saturated rings. The highest BCUT2D eigenvalue weighted by molar-refractivity contribution is 5.70. The first-order chi connectivity index (χ1) is 29.0. The summed E-state index contributed by atoms with van der Waals surface area (Å²) >= 11 is 0. The number of rotatable bonds is 44. The molecule has 1 heterocycles. The van der Waals surface area contributed by atoms with E-state index in [0.717, 1.165) is 57.8 Å². The van der Waals surface area contributed by atoms with Gasteiger partial charge in [-0.1, -0.05) is 194 Å². The maximum Gasteiger partial charge on any atom is 0.307 e. The largest absolute Gasteiger partial charge is 0.464 e. The fourth-order valence-electron chi connectivity index (χ4n) is 6.94. The van der Waals surface area contributed by atoms with Gasteiger partial charge < -0.3 is 30.2 Å². The van der Waals surface area contributed by atoms with E-state index in [1.807, 2.05) is 0 Å². The number of carbonyl (C=O) groups excluding carboxylic acids is 3. The van der Waals surface area contributed by atoms with Crippen LogP contribution in [-0.2, 0) is 28.6 Å². The van der Waals surface area contributed by atoms with E-state index in [0.29, 0.717) is 32.4 Å². The average Bonchev–Trinajstić information content (AvgIpc) is 3.23. The Kier molecular flexibility index (Phi) is 37.9. The van der Waals surface area contributed by atoms with E-state index in [1.54, 1.807) is 0 Å². The number of aromatic nitrogens is 3. The number of nitrogens with one attached hydrogen (secondary N) is 3. The Labute approximate surface area is 360 Å². The zero-order valence-electron chi connectivity index (χ0n) is 38.2. The first-order valence-electron chi connectivity index (χ1n) is 24.4. The van der Waals surface area contributed by atoms with Crippen LogP contribution in [0.1, 0.15) is 233 Å². The second kappa shape index (κ2) is 41.5. The number of hydrogen-bond donors (Lipinski definition) is 3. The SMILES string of the molecule is CCCCCCCCCCCCC(=O)OCCNc1nc(NCCOC(=O)CCCCCCCCCCCC)nc(NCOC(=O)CCCCCCCCCCCC)n1. The van der Waals surface area contributed by atoms with Gasteiger partial charge in [-0.05, 0) is 19.3 Å². The third-order valence-corrected chi connectivity index (χ3v) is 10.6. The summed E-state index contributed by atoms with van der Waals surface area (Å²) in [6.45, 7) is 7.64. The molecule has 0 aliphatic rings. The van der Waals surface area contributed by atoms with E-state index in [9.17, 15) is 14.4 Å². The molecule has 0 saturated carbocycles. The molecule has 1 aromatic rings. The van der Waals surface area contributed by atoms with Gasteiger partial charge in [0.1, 0.15) is 13.2 Å². The van der Waals surface area contributed by atoms with E-state index in [1.165, 1.54) is 135 Å². The standard InChI is InChI=1S/C47H88N6O6/c1-4-7-10-13-16-19-22-25-28-31-34-42(54)57-39-37-48-45-51-46(49-38-40-58-43(55)35-32-29-26-23-20-17-14-11-8-5-2)53-47(52-45)50-41-59-44(56)36-33-30-27-24-21-18-15-12-9-6-3/h4-41H2,1-3H3,(H3,48,49,50,51,52,53). The Morgan fingerprint density at radius 3 is 0.915 bits per heavy atom. The first kappa shape index (κ1) is 53.8. The fraction of sp³-hybridized carbons (Fsp3) is 0.872. The minimum atomic E-state index is -0.262. The lowest BCUT2D eigenvalue weighted by Crippen LogP contribution is -2.19. The molecule has 12 nitrogen and oxygen atoms in total. The maximum absolute atomic E-state index is 12.4. The highest BCUT2D eigenvalue weighted by atomic mass is 16.5. The van der Waals surface area contributed by atoms with Gasteiger partial charge in [-0.25, -0.2) is 0 Å². The van der Waals surface area contributed by atoms with Crippen molar-refractivity contribution >= 4 is 35.8 Å². The molecule has 0 saturated heterocycles. The van der Waals surface area contributed by atoms with Crippen molar-refractivity contribution in [3.8, 4) is 0 Å². The molecule has 0 bridgehead atoms. The Morgan fingerprint density at radius 2 is 0.610 bits per heavy atom. The molecule has 0 atom stereocenters. The fourth-order valence-corrected chi connectivity index (χ4v) is 6.94. The molecule has 0 spiro atoms. The third-order valence-electron chi connectivity index (χ3n) is 10.6. The lowest BCUT2D eigenvalue weighted by molar-refractivity contribution is -0.144. The molecule has 342 valence electrons. The topological polar surface area (TPSA) is 154 Å². The first-order valence-corrected chi connectivity index (χ1v) is 24.4. The molecule has 0 unspecified atom stereocenters. The zero-order valence-corrected chi connectivity index (χ0v) is 38.2. The van der Waals surface area contributed by atoms with E-state index < -0.39 is 0 Å². The van der Waals surface area contributed by atoms with E-state index in [2.05, 4.69) is 51.7 Å². The summed E-state index contributed by atoms with van der Waals surface area (Å²) in [5, 5.41) is 9.16. The van der Waals surface area contributed by atoms with Gasteiger partial charge >= 0.3 is 17.9 Å². The summed E-state index contributed by atoms with van der Waals surface area (Å²) in [6.07, 6.45) is 37.6. The van der Waals surface area contributed by atoms with Gasteiger partial charge in [-0.3, -0.25) is 14.4 Å². The minimum Gasteiger partial charge on any atom is -0.464 e. The molecule has 0 aromatic carbocycles. The smallest absolute Gasteiger partial charge is 0.307 e. The third kappa shape index (κ3) is 36.4. The normalized spacial score (nSPS) is 11.0. The number of nitrogens with zero attached hydrogens (tertiary/aromatic N) is 3. The summed E-state index contributed by atoms with van der Waals surface area (Å²) in [4.78, 5) is 50.2. The van der Waals surface area contributed by atoms with E-state index in [4.69, 9.17) is 14.2 Å². The molecule has 1 aromatic heterocycles. The van der Waals surface area contributed by atoms with Gasteiger partial charge in [0.25, 0.3) is 0 Å². The molecule has 3 N–H and O–H groups in total. The van der Waals surface area contributed by atoms with Crippen molar-refractivity contribution in [3.05, 3.63) is 0 Å². The monoisotopic (exact) mass is 833 g/mol. The van der Waals surface area contributed by atoms with Gasteiger partial charge in [0, 0.05) is 19.3 Å². The Hall–Kier alpha value is -3.18. The van der Waals surface area contributed by atoms with Crippen LogP contribution in [-0.4, -0.2) is 65.9 Å². The predicted octanol–water partition coefficient (Wildman–Crippen LogP) is 12.6. The van der Waals surface area contributed by atoms with Crippen molar-refractivity contribution in [2.75, 3.05) is 49.0 Å². The summed E-state index contributed by atoms with van der Waals surface area (Å²) in [5.74, 6) is 0.0913. The average molecular weight is 833 g/mol. The number of esters is 3. The second-order valence-corrected chi connectivity index (χ2v) is 16.2. The van der Waals surface area contributed by atoms with Gasteiger partial charge in [-0.2, -0.15) is 15.0 Å². The number of ether oxygens (including phenoxy) is 3. The van der Waals surface area contributed by atoms with Gasteiger partial charge in [0.05, 0.1) is 13.1 Å². The number of carbonyl (C=O) groups is 3. The number of anilines is 3. The van der Waals surface area contributed by atoms with Gasteiger partial charge in [0.2, 0.25) is 17.8 Å². The van der Waals surface area contributed by atoms with Crippen LogP contribution in [0.25, 0.3) is 0 Å². The molecule has 0 aliphatic carbocycles. The van der Waals surface area contributed by atoms with Crippen LogP contribution >= 0.6 is 0 Å². The summed E-state index contributed by atoms with van der Waals surface area (Å²) in [7, 11) is 0. The van der Waals surface area contributed by atoms with Crippen molar-refractivity contribution in [2.45, 2.75) is 233 Å². The van der Waals surface area contributed by atoms with Crippen LogP contribution in [0.4, 0.5) is 17.8 Å². The number of hydrogen-bond acceptors (Lipinski definition) is 12. The van der Waals surface area contributed by atoms with Crippen molar-refractivity contribution in [3.63, 3.8) is 0 Å². The van der Waals surface area contributed by atoms with Crippen molar-refractivity contribution in [2.24, 2.45) is 0 Å². The van der Waals surface area contributed by atoms with Gasteiger partial charge in [0.15, 0.2) is 6.73 Å². The van der Waals surface area contributed by atoms with Crippen molar-refractivity contribution in [1.82, 2.24) is 15.0 Å². The van der Waals surface area contributed by atoms with E-state index >= 15 is 0 Å². The number of unbranched alkanes of at least 4 members (excludes halogenated alkanes) is 27. The van der Waals surface area contributed by atoms with Crippen LogP contribution in [0, 0.1) is 0 Å². The summed E-state index contributed by atoms with van der Waals surface area (Å²) in [5.41, 5.74) is 0. The molecule has 12 heteroatoms. The summed E-state index contributed by atoms with van der Waals surface area (Å²) in [6, 6.07) is 0. The van der Waals surface area contributed by atoms with Crippen LogP contribution < -0.4 is 16.0 Å². The predicted molar refractivity (Wildman–Crippen MR) is 243 cm³/mol.